The van der Waals surface area contributed by atoms with Gasteiger partial charge in [0.15, 0.2) is 0 Å². The summed E-state index contributed by atoms with van der Waals surface area (Å²) in [4.78, 5) is 24.2. The molecule has 0 atom stereocenters. The van der Waals surface area contributed by atoms with Crippen molar-refractivity contribution >= 4 is 23.2 Å². The smallest absolute Gasteiger partial charge is 0.255 e. The van der Waals surface area contributed by atoms with Crippen molar-refractivity contribution in [2.75, 3.05) is 10.6 Å². The Labute approximate surface area is 153 Å². The minimum Gasteiger partial charge on any atom is -0.506 e. The summed E-state index contributed by atoms with van der Waals surface area (Å²) in [5.41, 5.74) is 2.44. The largest absolute Gasteiger partial charge is 0.506 e. The molecule has 2 amide bonds. The monoisotopic (exact) mass is 352 g/mol. The third-order valence-electron chi connectivity index (χ3n) is 4.47. The van der Waals surface area contributed by atoms with Gasteiger partial charge >= 0.3 is 0 Å². The van der Waals surface area contributed by atoms with E-state index in [1.807, 2.05) is 6.07 Å². The van der Waals surface area contributed by atoms with Gasteiger partial charge in [0.2, 0.25) is 5.91 Å². The second-order valence-electron chi connectivity index (χ2n) is 7.78. The molecule has 26 heavy (non-hydrogen) atoms. The Bertz CT molecular complexity index is 831. The molecule has 1 aliphatic carbocycles. The zero-order valence-electron chi connectivity index (χ0n) is 15.3. The lowest BCUT2D eigenvalue weighted by molar-refractivity contribution is -0.117. The number of nitrogens with one attached hydrogen (secondary N) is 2. The molecule has 5 heteroatoms. The lowest BCUT2D eigenvalue weighted by Gasteiger charge is -2.20. The van der Waals surface area contributed by atoms with Crippen LogP contribution in [0.1, 0.15) is 49.5 Å². The van der Waals surface area contributed by atoms with Crippen molar-refractivity contribution in [2.24, 2.45) is 5.92 Å². The Kier molecular flexibility index (Phi) is 4.72. The molecule has 3 rings (SSSR count). The Morgan fingerprint density at radius 1 is 1.00 bits per heavy atom. The van der Waals surface area contributed by atoms with Crippen LogP contribution >= 0.6 is 0 Å². The van der Waals surface area contributed by atoms with Gasteiger partial charge in [0.05, 0.1) is 5.69 Å². The Morgan fingerprint density at radius 2 is 1.65 bits per heavy atom. The van der Waals surface area contributed by atoms with E-state index in [0.717, 1.165) is 18.4 Å². The molecule has 0 aromatic heterocycles. The number of carbonyl (C=O) groups excluding carboxylic acids is 2. The van der Waals surface area contributed by atoms with Gasteiger partial charge in [-0.15, -0.1) is 0 Å². The maximum Gasteiger partial charge on any atom is 0.255 e. The molecule has 0 saturated heterocycles. The number of aromatic hydroxyl groups is 1. The summed E-state index contributed by atoms with van der Waals surface area (Å²) in [7, 11) is 0. The van der Waals surface area contributed by atoms with E-state index in [1.54, 1.807) is 36.4 Å². The van der Waals surface area contributed by atoms with E-state index in [1.165, 1.54) is 0 Å². The first-order chi connectivity index (χ1) is 12.2. The van der Waals surface area contributed by atoms with E-state index in [0.29, 0.717) is 16.9 Å². The molecule has 0 unspecified atom stereocenters. The molecular formula is C21H24N2O3. The van der Waals surface area contributed by atoms with Crippen molar-refractivity contribution in [3.63, 3.8) is 0 Å². The zero-order valence-corrected chi connectivity index (χ0v) is 15.3. The number of carbonyl (C=O) groups is 2. The van der Waals surface area contributed by atoms with Gasteiger partial charge in [0.25, 0.3) is 5.91 Å². The first kappa shape index (κ1) is 18.0. The average molecular weight is 352 g/mol. The van der Waals surface area contributed by atoms with Crippen LogP contribution in [0.25, 0.3) is 0 Å². The van der Waals surface area contributed by atoms with Crippen LogP contribution < -0.4 is 10.6 Å². The summed E-state index contributed by atoms with van der Waals surface area (Å²) in [5, 5.41) is 15.6. The maximum absolute atomic E-state index is 12.5. The van der Waals surface area contributed by atoms with Crippen LogP contribution in [-0.2, 0) is 10.2 Å². The van der Waals surface area contributed by atoms with Gasteiger partial charge in [0.1, 0.15) is 5.75 Å². The van der Waals surface area contributed by atoms with Gasteiger partial charge in [-0.3, -0.25) is 9.59 Å². The van der Waals surface area contributed by atoms with E-state index in [2.05, 4.69) is 31.4 Å². The topological polar surface area (TPSA) is 78.4 Å². The molecule has 1 fully saturated rings. The number of anilines is 2. The van der Waals surface area contributed by atoms with Crippen LogP contribution in [-0.4, -0.2) is 16.9 Å². The number of hydrogen-bond donors (Lipinski definition) is 3. The molecule has 136 valence electrons. The normalized spacial score (nSPS) is 14.0. The Hall–Kier alpha value is -2.82. The van der Waals surface area contributed by atoms with Crippen molar-refractivity contribution in [1.29, 1.82) is 0 Å². The van der Waals surface area contributed by atoms with Crippen LogP contribution in [0.3, 0.4) is 0 Å². The highest BCUT2D eigenvalue weighted by atomic mass is 16.3. The highest BCUT2D eigenvalue weighted by Crippen LogP contribution is 2.31. The van der Waals surface area contributed by atoms with Crippen LogP contribution in [0.4, 0.5) is 11.4 Å². The summed E-state index contributed by atoms with van der Waals surface area (Å²) < 4.78 is 0. The van der Waals surface area contributed by atoms with Crippen molar-refractivity contribution in [2.45, 2.75) is 39.0 Å². The van der Waals surface area contributed by atoms with E-state index < -0.39 is 0 Å². The fourth-order valence-electron chi connectivity index (χ4n) is 2.59. The zero-order chi connectivity index (χ0) is 18.9. The minimum atomic E-state index is -0.313. The van der Waals surface area contributed by atoms with Crippen LogP contribution in [0.5, 0.6) is 5.75 Å². The highest BCUT2D eigenvalue weighted by molar-refractivity contribution is 6.05. The molecule has 0 heterocycles. The molecule has 1 saturated carbocycles. The average Bonchev–Trinajstić information content (AvgIpc) is 3.41. The lowest BCUT2D eigenvalue weighted by Crippen LogP contribution is -2.15. The summed E-state index contributed by atoms with van der Waals surface area (Å²) in [6.07, 6.45) is 1.90. The summed E-state index contributed by atoms with van der Waals surface area (Å²) in [6.45, 7) is 6.21. The SMILES string of the molecule is CC(C)(C)c1ccc(O)c(NC(=O)c2ccc(NC(=O)C3CC3)cc2)c1. The maximum atomic E-state index is 12.5. The molecule has 0 radical (unpaired) electrons. The van der Waals surface area contributed by atoms with Crippen molar-refractivity contribution in [3.05, 3.63) is 53.6 Å². The molecule has 0 bridgehead atoms. The highest BCUT2D eigenvalue weighted by Gasteiger charge is 2.29. The van der Waals surface area contributed by atoms with Gasteiger partial charge in [-0.1, -0.05) is 26.8 Å². The van der Waals surface area contributed by atoms with Crippen LogP contribution in [0.15, 0.2) is 42.5 Å². The summed E-state index contributed by atoms with van der Waals surface area (Å²) in [5.74, 6) is -0.117. The molecular weight excluding hydrogens is 328 g/mol. The number of benzene rings is 2. The molecule has 1 aliphatic rings. The molecule has 0 aliphatic heterocycles. The second kappa shape index (κ2) is 6.83. The third kappa shape index (κ3) is 4.23. The van der Waals surface area contributed by atoms with Crippen molar-refractivity contribution in [3.8, 4) is 5.75 Å². The molecule has 5 nitrogen and oxygen atoms in total. The number of rotatable bonds is 4. The van der Waals surface area contributed by atoms with Crippen LogP contribution in [0, 0.1) is 5.92 Å². The Balaban J connectivity index is 1.70. The first-order valence-corrected chi connectivity index (χ1v) is 8.80. The Morgan fingerprint density at radius 3 is 2.23 bits per heavy atom. The minimum absolute atomic E-state index is 0.0275. The molecule has 0 spiro atoms. The summed E-state index contributed by atoms with van der Waals surface area (Å²) >= 11 is 0. The van der Waals surface area contributed by atoms with Gasteiger partial charge < -0.3 is 15.7 Å². The van der Waals surface area contributed by atoms with E-state index in [9.17, 15) is 14.7 Å². The fraction of sp³-hybridized carbons (Fsp3) is 0.333. The number of phenolic OH excluding ortho intramolecular Hbond substituents is 1. The van der Waals surface area contributed by atoms with E-state index >= 15 is 0 Å². The lowest BCUT2D eigenvalue weighted by atomic mass is 9.87. The number of hydrogen-bond acceptors (Lipinski definition) is 3. The van der Waals surface area contributed by atoms with Crippen molar-refractivity contribution < 1.29 is 14.7 Å². The van der Waals surface area contributed by atoms with Gasteiger partial charge in [-0.05, 0) is 60.2 Å². The second-order valence-corrected chi connectivity index (χ2v) is 7.78. The van der Waals surface area contributed by atoms with Crippen LogP contribution in [0.2, 0.25) is 0 Å². The fourth-order valence-corrected chi connectivity index (χ4v) is 2.59. The predicted octanol–water partition coefficient (Wildman–Crippen LogP) is 4.29. The molecule has 3 N–H and O–H groups in total. The predicted molar refractivity (Wildman–Crippen MR) is 103 cm³/mol. The van der Waals surface area contributed by atoms with Gasteiger partial charge in [0, 0.05) is 17.2 Å². The first-order valence-electron chi connectivity index (χ1n) is 8.80. The third-order valence-corrected chi connectivity index (χ3v) is 4.47. The number of amides is 2. The van der Waals surface area contributed by atoms with Crippen molar-refractivity contribution in [1.82, 2.24) is 0 Å². The van der Waals surface area contributed by atoms with E-state index in [4.69, 9.17) is 0 Å². The van der Waals surface area contributed by atoms with Gasteiger partial charge in [-0.2, -0.15) is 0 Å². The quantitative estimate of drug-likeness (QED) is 0.718. The number of phenols is 1. The van der Waals surface area contributed by atoms with Gasteiger partial charge in [-0.25, -0.2) is 0 Å². The molecule has 2 aromatic rings. The summed E-state index contributed by atoms with van der Waals surface area (Å²) in [6, 6.07) is 12.0. The standard InChI is InChI=1S/C21H24N2O3/c1-21(2,3)15-8-11-18(24)17(12-15)23-20(26)14-6-9-16(10-7-14)22-19(25)13-4-5-13/h6-13,24H,4-5H2,1-3H3,(H,22,25)(H,23,26). The van der Waals surface area contributed by atoms with E-state index in [-0.39, 0.29) is 28.9 Å². The molecule has 2 aromatic carbocycles.